The van der Waals surface area contributed by atoms with E-state index in [2.05, 4.69) is 4.99 Å². The SMILES string of the molecule is O=c1c2ccccc2c(C=Nc2ccccc2CO)c(O)n1-c1ccccc1Cl. The smallest absolute Gasteiger partial charge is 0.265 e. The van der Waals surface area contributed by atoms with Gasteiger partial charge in [0.2, 0.25) is 5.88 Å². The van der Waals surface area contributed by atoms with Crippen LogP contribution in [-0.4, -0.2) is 21.0 Å². The quantitative estimate of drug-likeness (QED) is 0.488. The lowest BCUT2D eigenvalue weighted by atomic mass is 10.1. The first-order chi connectivity index (χ1) is 14.1. The molecule has 0 aliphatic carbocycles. The molecular formula is C23H17ClN2O3. The fraction of sp³-hybridized carbons (Fsp3) is 0.0435. The molecule has 2 N–H and O–H groups in total. The van der Waals surface area contributed by atoms with Crippen molar-refractivity contribution < 1.29 is 10.2 Å². The summed E-state index contributed by atoms with van der Waals surface area (Å²) < 4.78 is 1.18. The Morgan fingerprint density at radius 3 is 2.34 bits per heavy atom. The number of aliphatic imine (C=N–C) groups is 1. The maximum Gasteiger partial charge on any atom is 0.265 e. The highest BCUT2D eigenvalue weighted by atomic mass is 35.5. The Hall–Kier alpha value is -3.41. The van der Waals surface area contributed by atoms with Crippen molar-refractivity contribution in [2.75, 3.05) is 0 Å². The van der Waals surface area contributed by atoms with Crippen molar-refractivity contribution in [3.05, 3.63) is 99.3 Å². The molecule has 0 atom stereocenters. The number of fused-ring (bicyclic) bond motifs is 1. The lowest BCUT2D eigenvalue weighted by molar-refractivity contribution is 0.282. The summed E-state index contributed by atoms with van der Waals surface area (Å²) in [5, 5.41) is 21.9. The molecule has 144 valence electrons. The van der Waals surface area contributed by atoms with Gasteiger partial charge in [-0.15, -0.1) is 0 Å². The molecule has 5 nitrogen and oxygen atoms in total. The van der Waals surface area contributed by atoms with Crippen LogP contribution in [0.25, 0.3) is 16.5 Å². The van der Waals surface area contributed by atoms with Crippen LogP contribution in [0.5, 0.6) is 5.88 Å². The summed E-state index contributed by atoms with van der Waals surface area (Å²) in [5.74, 6) is -0.257. The Kier molecular flexibility index (Phi) is 5.16. The average Bonchev–Trinajstić information content (AvgIpc) is 2.75. The van der Waals surface area contributed by atoms with Crippen molar-refractivity contribution in [2.24, 2.45) is 4.99 Å². The van der Waals surface area contributed by atoms with Gasteiger partial charge in [-0.25, -0.2) is 4.57 Å². The van der Waals surface area contributed by atoms with Gasteiger partial charge in [0.15, 0.2) is 0 Å². The van der Waals surface area contributed by atoms with E-state index in [-0.39, 0.29) is 18.0 Å². The molecule has 0 aliphatic heterocycles. The second-order valence-corrected chi connectivity index (χ2v) is 6.83. The normalized spacial score (nSPS) is 11.4. The van der Waals surface area contributed by atoms with Crippen LogP contribution in [0.4, 0.5) is 5.69 Å². The molecule has 0 saturated heterocycles. The van der Waals surface area contributed by atoms with Crippen LogP contribution in [0, 0.1) is 0 Å². The van der Waals surface area contributed by atoms with Crippen molar-refractivity contribution in [1.29, 1.82) is 0 Å². The number of nitrogens with zero attached hydrogens (tertiary/aromatic N) is 2. The number of aromatic nitrogens is 1. The summed E-state index contributed by atoms with van der Waals surface area (Å²) in [6.07, 6.45) is 1.50. The number of benzene rings is 3. The molecular weight excluding hydrogens is 388 g/mol. The molecule has 0 fully saturated rings. The molecule has 6 heteroatoms. The number of hydrogen-bond donors (Lipinski definition) is 2. The van der Waals surface area contributed by atoms with Crippen LogP contribution in [0.3, 0.4) is 0 Å². The van der Waals surface area contributed by atoms with Crippen LogP contribution in [-0.2, 0) is 6.61 Å². The van der Waals surface area contributed by atoms with Crippen LogP contribution < -0.4 is 5.56 Å². The topological polar surface area (TPSA) is 74.8 Å². The average molecular weight is 405 g/mol. The summed E-state index contributed by atoms with van der Waals surface area (Å²) in [6, 6.07) is 21.0. The lowest BCUT2D eigenvalue weighted by Crippen LogP contribution is -2.20. The van der Waals surface area contributed by atoms with Crippen LogP contribution in [0.2, 0.25) is 5.02 Å². The molecule has 0 radical (unpaired) electrons. The first-order valence-electron chi connectivity index (χ1n) is 8.96. The second kappa shape index (κ2) is 7.91. The first-order valence-corrected chi connectivity index (χ1v) is 9.34. The molecule has 0 spiro atoms. The number of aliphatic hydroxyl groups is 1. The third kappa shape index (κ3) is 3.42. The number of para-hydroxylation sites is 2. The minimum Gasteiger partial charge on any atom is -0.494 e. The van der Waals surface area contributed by atoms with Crippen LogP contribution >= 0.6 is 11.6 Å². The van der Waals surface area contributed by atoms with Gasteiger partial charge in [0, 0.05) is 22.6 Å². The van der Waals surface area contributed by atoms with Gasteiger partial charge in [-0.3, -0.25) is 9.79 Å². The van der Waals surface area contributed by atoms with Crippen molar-refractivity contribution in [2.45, 2.75) is 6.61 Å². The van der Waals surface area contributed by atoms with E-state index in [1.54, 1.807) is 60.7 Å². The van der Waals surface area contributed by atoms with Crippen LogP contribution in [0.1, 0.15) is 11.1 Å². The summed E-state index contributed by atoms with van der Waals surface area (Å²) in [5.41, 5.74) is 1.63. The van der Waals surface area contributed by atoms with Gasteiger partial charge in [-0.2, -0.15) is 0 Å². The molecule has 4 aromatic rings. The van der Waals surface area contributed by atoms with Gasteiger partial charge in [-0.1, -0.05) is 60.1 Å². The van der Waals surface area contributed by atoms with E-state index in [1.165, 1.54) is 10.8 Å². The number of rotatable bonds is 4. The number of aliphatic hydroxyl groups excluding tert-OH is 1. The molecule has 3 aromatic carbocycles. The Balaban J connectivity index is 2.00. The third-order valence-electron chi connectivity index (χ3n) is 4.69. The summed E-state index contributed by atoms with van der Waals surface area (Å²) in [4.78, 5) is 17.5. The van der Waals surface area contributed by atoms with E-state index >= 15 is 0 Å². The van der Waals surface area contributed by atoms with E-state index < -0.39 is 0 Å². The van der Waals surface area contributed by atoms with Gasteiger partial charge in [0.25, 0.3) is 5.56 Å². The molecule has 29 heavy (non-hydrogen) atoms. The summed E-state index contributed by atoms with van der Waals surface area (Å²) in [7, 11) is 0. The zero-order valence-corrected chi connectivity index (χ0v) is 16.0. The maximum atomic E-state index is 13.1. The van der Waals surface area contributed by atoms with Gasteiger partial charge >= 0.3 is 0 Å². The van der Waals surface area contributed by atoms with E-state index in [1.807, 2.05) is 12.1 Å². The predicted molar refractivity (Wildman–Crippen MR) is 116 cm³/mol. The Bertz CT molecular complexity index is 1300. The van der Waals surface area contributed by atoms with Crippen LogP contribution in [0.15, 0.2) is 82.6 Å². The number of aromatic hydroxyl groups is 1. The molecule has 0 bridgehead atoms. The first kappa shape index (κ1) is 18.9. The maximum absolute atomic E-state index is 13.1. The molecule has 1 heterocycles. The highest BCUT2D eigenvalue weighted by Crippen LogP contribution is 2.29. The predicted octanol–water partition coefficient (Wildman–Crippen LogP) is 4.59. The van der Waals surface area contributed by atoms with Gasteiger partial charge in [0.05, 0.1) is 28.6 Å². The van der Waals surface area contributed by atoms with Crippen molar-refractivity contribution in [1.82, 2.24) is 4.57 Å². The minimum atomic E-state index is -0.376. The van der Waals surface area contributed by atoms with E-state index in [4.69, 9.17) is 11.6 Å². The van der Waals surface area contributed by atoms with E-state index in [0.717, 1.165) is 0 Å². The van der Waals surface area contributed by atoms with Crippen molar-refractivity contribution in [3.63, 3.8) is 0 Å². The second-order valence-electron chi connectivity index (χ2n) is 6.42. The lowest BCUT2D eigenvalue weighted by Gasteiger charge is -2.14. The van der Waals surface area contributed by atoms with Gasteiger partial charge < -0.3 is 10.2 Å². The van der Waals surface area contributed by atoms with Crippen molar-refractivity contribution in [3.8, 4) is 11.6 Å². The van der Waals surface area contributed by atoms with Gasteiger partial charge in [0.1, 0.15) is 0 Å². The molecule has 4 rings (SSSR count). The fourth-order valence-corrected chi connectivity index (χ4v) is 3.47. The number of pyridine rings is 1. The summed E-state index contributed by atoms with van der Waals surface area (Å²) >= 11 is 6.29. The Labute approximate surface area is 171 Å². The largest absolute Gasteiger partial charge is 0.494 e. The van der Waals surface area contributed by atoms with Crippen molar-refractivity contribution >= 4 is 34.3 Å². The molecule has 0 saturated carbocycles. The highest BCUT2D eigenvalue weighted by molar-refractivity contribution is 6.32. The monoisotopic (exact) mass is 404 g/mol. The fourth-order valence-electron chi connectivity index (χ4n) is 3.25. The Morgan fingerprint density at radius 1 is 0.931 bits per heavy atom. The zero-order chi connectivity index (χ0) is 20.4. The summed E-state index contributed by atoms with van der Waals surface area (Å²) in [6.45, 7) is -0.153. The number of hydrogen-bond acceptors (Lipinski definition) is 4. The molecule has 0 aliphatic rings. The molecule has 1 aromatic heterocycles. The van der Waals surface area contributed by atoms with Gasteiger partial charge in [-0.05, 0) is 24.3 Å². The minimum absolute atomic E-state index is 0.153. The third-order valence-corrected chi connectivity index (χ3v) is 5.01. The molecule has 0 unspecified atom stereocenters. The Morgan fingerprint density at radius 2 is 1.59 bits per heavy atom. The molecule has 0 amide bonds. The zero-order valence-electron chi connectivity index (χ0n) is 15.3. The standard InChI is InChI=1S/C23H17ClN2O3/c24-19-10-4-6-12-21(19)26-22(28)17-9-3-2-8-16(17)18(23(26)29)13-25-20-11-5-1-7-15(20)14-27/h1-13,27,29H,14H2. The highest BCUT2D eigenvalue weighted by Gasteiger charge is 2.17. The van der Waals surface area contributed by atoms with E-state index in [0.29, 0.717) is 38.3 Å². The van der Waals surface area contributed by atoms with E-state index in [9.17, 15) is 15.0 Å². The number of halogens is 1.